The molecule has 1 aromatic carbocycles. The normalized spacial score (nSPS) is 10.5. The van der Waals surface area contributed by atoms with Crippen molar-refractivity contribution in [2.45, 2.75) is 13.3 Å². The van der Waals surface area contributed by atoms with Gasteiger partial charge in [-0.1, -0.05) is 18.2 Å². The number of para-hydroxylation sites is 1. The number of hydrogen-bond acceptors (Lipinski definition) is 2. The summed E-state index contributed by atoms with van der Waals surface area (Å²) in [7, 11) is 0. The van der Waals surface area contributed by atoms with Gasteiger partial charge in [-0.3, -0.25) is 0 Å². The highest BCUT2D eigenvalue weighted by atomic mass is 16.3. The summed E-state index contributed by atoms with van der Waals surface area (Å²) in [6.07, 6.45) is 2.42. The molecule has 0 atom stereocenters. The van der Waals surface area contributed by atoms with Gasteiger partial charge in [-0.15, -0.1) is 0 Å². The lowest BCUT2D eigenvalue weighted by atomic mass is 10.3. The van der Waals surface area contributed by atoms with Crippen LogP contribution in [0, 0.1) is 6.92 Å². The number of aryl methyl sites for hydroxylation is 1. The van der Waals surface area contributed by atoms with E-state index in [0.717, 1.165) is 17.2 Å². The minimum absolute atomic E-state index is 0.128. The maximum Gasteiger partial charge on any atom is 0.115 e. The zero-order chi connectivity index (χ0) is 10.7. The van der Waals surface area contributed by atoms with Gasteiger partial charge in [0.25, 0.3) is 0 Å². The topological polar surface area (TPSA) is 38.1 Å². The summed E-state index contributed by atoms with van der Waals surface area (Å²) < 4.78 is 2.07. The Bertz CT molecular complexity index is 434. The zero-order valence-electron chi connectivity index (χ0n) is 8.72. The average molecular weight is 202 g/mol. The molecule has 1 N–H and O–H groups in total. The smallest absolute Gasteiger partial charge is 0.115 e. The number of aliphatic hydroxyl groups is 1. The SMILES string of the molecule is Cc1cnc(CCO)n1-c1ccccc1. The highest BCUT2D eigenvalue weighted by Crippen LogP contribution is 2.14. The molecule has 2 aromatic rings. The third-order valence-electron chi connectivity index (χ3n) is 2.36. The van der Waals surface area contributed by atoms with E-state index in [2.05, 4.69) is 9.55 Å². The Labute approximate surface area is 89.0 Å². The summed E-state index contributed by atoms with van der Waals surface area (Å²) in [5.41, 5.74) is 2.18. The van der Waals surface area contributed by atoms with Crippen LogP contribution in [0.5, 0.6) is 0 Å². The van der Waals surface area contributed by atoms with Gasteiger partial charge in [-0.2, -0.15) is 0 Å². The lowest BCUT2D eigenvalue weighted by Crippen LogP contribution is -2.04. The molecule has 0 saturated heterocycles. The molecule has 0 amide bonds. The van der Waals surface area contributed by atoms with Crippen LogP contribution in [0.2, 0.25) is 0 Å². The summed E-state index contributed by atoms with van der Waals surface area (Å²) in [5, 5.41) is 8.95. The van der Waals surface area contributed by atoms with E-state index in [0.29, 0.717) is 6.42 Å². The fourth-order valence-electron chi connectivity index (χ4n) is 1.69. The Morgan fingerprint density at radius 1 is 1.27 bits per heavy atom. The van der Waals surface area contributed by atoms with Crippen LogP contribution in [-0.2, 0) is 6.42 Å². The Morgan fingerprint density at radius 3 is 2.67 bits per heavy atom. The third kappa shape index (κ3) is 1.92. The van der Waals surface area contributed by atoms with Gasteiger partial charge in [0.05, 0.1) is 6.61 Å². The predicted octanol–water partition coefficient (Wildman–Crippen LogP) is 1.72. The molecule has 1 aromatic heterocycles. The van der Waals surface area contributed by atoms with Gasteiger partial charge in [-0.25, -0.2) is 4.98 Å². The van der Waals surface area contributed by atoms with Crippen molar-refractivity contribution in [3.8, 4) is 5.69 Å². The quantitative estimate of drug-likeness (QED) is 0.822. The molecule has 0 fully saturated rings. The van der Waals surface area contributed by atoms with E-state index in [1.54, 1.807) is 0 Å². The van der Waals surface area contributed by atoms with Crippen molar-refractivity contribution in [3.63, 3.8) is 0 Å². The second-order valence-corrected chi connectivity index (χ2v) is 3.46. The molecule has 3 nitrogen and oxygen atoms in total. The Balaban J connectivity index is 2.47. The molecule has 0 unspecified atom stereocenters. The largest absolute Gasteiger partial charge is 0.396 e. The molecule has 1 heterocycles. The number of hydrogen-bond donors (Lipinski definition) is 1. The van der Waals surface area contributed by atoms with Crippen LogP contribution in [0.15, 0.2) is 36.5 Å². The molecule has 78 valence electrons. The first-order valence-corrected chi connectivity index (χ1v) is 5.02. The van der Waals surface area contributed by atoms with Crippen LogP contribution in [0.25, 0.3) is 5.69 Å². The molecular formula is C12H14N2O. The minimum Gasteiger partial charge on any atom is -0.396 e. The van der Waals surface area contributed by atoms with Crippen molar-refractivity contribution in [1.29, 1.82) is 0 Å². The van der Waals surface area contributed by atoms with Crippen LogP contribution in [0.3, 0.4) is 0 Å². The van der Waals surface area contributed by atoms with E-state index in [-0.39, 0.29) is 6.61 Å². The highest BCUT2D eigenvalue weighted by molar-refractivity contribution is 5.35. The van der Waals surface area contributed by atoms with Gasteiger partial charge in [-0.05, 0) is 19.1 Å². The molecule has 0 saturated carbocycles. The van der Waals surface area contributed by atoms with Crippen LogP contribution >= 0.6 is 0 Å². The Hall–Kier alpha value is -1.61. The molecule has 0 radical (unpaired) electrons. The van der Waals surface area contributed by atoms with Crippen molar-refractivity contribution in [2.75, 3.05) is 6.61 Å². The van der Waals surface area contributed by atoms with Gasteiger partial charge in [0.1, 0.15) is 5.82 Å². The molecule has 0 aliphatic carbocycles. The number of benzene rings is 1. The minimum atomic E-state index is 0.128. The number of aliphatic hydroxyl groups excluding tert-OH is 1. The number of nitrogens with zero attached hydrogens (tertiary/aromatic N) is 2. The fourth-order valence-corrected chi connectivity index (χ4v) is 1.69. The van der Waals surface area contributed by atoms with Gasteiger partial charge in [0, 0.05) is 24.0 Å². The zero-order valence-corrected chi connectivity index (χ0v) is 8.72. The summed E-state index contributed by atoms with van der Waals surface area (Å²) >= 11 is 0. The molecular weight excluding hydrogens is 188 g/mol. The molecule has 0 bridgehead atoms. The van der Waals surface area contributed by atoms with Gasteiger partial charge >= 0.3 is 0 Å². The third-order valence-corrected chi connectivity index (χ3v) is 2.36. The van der Waals surface area contributed by atoms with Gasteiger partial charge in [0.15, 0.2) is 0 Å². The van der Waals surface area contributed by atoms with Crippen molar-refractivity contribution >= 4 is 0 Å². The summed E-state index contributed by atoms with van der Waals surface area (Å²) in [6, 6.07) is 10.1. The van der Waals surface area contributed by atoms with Crippen LogP contribution in [0.4, 0.5) is 0 Å². The van der Waals surface area contributed by atoms with Gasteiger partial charge < -0.3 is 9.67 Å². The molecule has 0 aliphatic heterocycles. The molecule has 0 spiro atoms. The van der Waals surface area contributed by atoms with Crippen molar-refractivity contribution in [3.05, 3.63) is 48.0 Å². The van der Waals surface area contributed by atoms with E-state index >= 15 is 0 Å². The Kier molecular flexibility index (Phi) is 2.83. The summed E-state index contributed by atoms with van der Waals surface area (Å²) in [6.45, 7) is 2.14. The van der Waals surface area contributed by atoms with Crippen LogP contribution < -0.4 is 0 Å². The van der Waals surface area contributed by atoms with Crippen molar-refractivity contribution in [2.24, 2.45) is 0 Å². The Morgan fingerprint density at radius 2 is 2.00 bits per heavy atom. The second-order valence-electron chi connectivity index (χ2n) is 3.46. The number of rotatable bonds is 3. The fraction of sp³-hybridized carbons (Fsp3) is 0.250. The lowest BCUT2D eigenvalue weighted by molar-refractivity contribution is 0.296. The maximum atomic E-state index is 8.95. The molecule has 3 heteroatoms. The maximum absolute atomic E-state index is 8.95. The van der Waals surface area contributed by atoms with Crippen LogP contribution in [0.1, 0.15) is 11.5 Å². The lowest BCUT2D eigenvalue weighted by Gasteiger charge is -2.08. The second kappa shape index (κ2) is 4.28. The van der Waals surface area contributed by atoms with Crippen LogP contribution in [-0.4, -0.2) is 21.3 Å². The average Bonchev–Trinajstić information content (AvgIpc) is 2.62. The van der Waals surface area contributed by atoms with Crippen molar-refractivity contribution in [1.82, 2.24) is 9.55 Å². The van der Waals surface area contributed by atoms with Crippen molar-refractivity contribution < 1.29 is 5.11 Å². The first kappa shape index (κ1) is 9.93. The van der Waals surface area contributed by atoms with E-state index in [1.807, 2.05) is 43.5 Å². The van der Waals surface area contributed by atoms with E-state index in [1.165, 1.54) is 0 Å². The van der Waals surface area contributed by atoms with E-state index in [9.17, 15) is 0 Å². The summed E-state index contributed by atoms with van der Waals surface area (Å²) in [5.74, 6) is 0.904. The first-order chi connectivity index (χ1) is 7.33. The van der Waals surface area contributed by atoms with Gasteiger partial charge in [0.2, 0.25) is 0 Å². The monoisotopic (exact) mass is 202 g/mol. The molecule has 2 rings (SSSR count). The summed E-state index contributed by atoms with van der Waals surface area (Å²) in [4.78, 5) is 4.28. The molecule has 0 aliphatic rings. The number of aromatic nitrogens is 2. The first-order valence-electron chi connectivity index (χ1n) is 5.02. The predicted molar refractivity (Wildman–Crippen MR) is 59.1 cm³/mol. The standard InChI is InChI=1S/C12H14N2O/c1-10-9-13-12(7-8-15)14(10)11-5-3-2-4-6-11/h2-6,9,15H,7-8H2,1H3. The van der Waals surface area contributed by atoms with E-state index in [4.69, 9.17) is 5.11 Å². The highest BCUT2D eigenvalue weighted by Gasteiger charge is 2.07. The molecule has 15 heavy (non-hydrogen) atoms. The number of imidazole rings is 1. The van der Waals surface area contributed by atoms with E-state index < -0.39 is 0 Å².